The maximum atomic E-state index is 12.1. The van der Waals surface area contributed by atoms with E-state index in [0.717, 1.165) is 50.1 Å². The molecule has 3 rings (SSSR count). The molecule has 0 aromatic heterocycles. The van der Waals surface area contributed by atoms with Crippen LogP contribution in [0.2, 0.25) is 0 Å². The van der Waals surface area contributed by atoms with Crippen LogP contribution in [-0.4, -0.2) is 59.7 Å². The number of ether oxygens (including phenoxy) is 1. The summed E-state index contributed by atoms with van der Waals surface area (Å²) in [6, 6.07) is 8.00. The minimum absolute atomic E-state index is 0.0318. The first-order valence-corrected chi connectivity index (χ1v) is 9.37. The lowest BCUT2D eigenvalue weighted by Gasteiger charge is -2.44. The summed E-state index contributed by atoms with van der Waals surface area (Å²) in [6.45, 7) is 4.66. The van der Waals surface area contributed by atoms with Crippen molar-refractivity contribution in [2.75, 3.05) is 33.3 Å². The molecule has 0 bridgehead atoms. The summed E-state index contributed by atoms with van der Waals surface area (Å²) >= 11 is 0. The SMILES string of the molecule is COc1ccc([C@@H]2CN(CC3(O)CCCCC3)CCN2C(C)=O)cc1. The number of rotatable bonds is 4. The molecule has 1 aromatic carbocycles. The number of benzene rings is 1. The van der Waals surface area contributed by atoms with E-state index < -0.39 is 5.60 Å². The molecule has 0 spiro atoms. The quantitative estimate of drug-likeness (QED) is 0.910. The average Bonchev–Trinajstić information content (AvgIpc) is 2.62. The summed E-state index contributed by atoms with van der Waals surface area (Å²) in [4.78, 5) is 16.4. The molecule has 1 aliphatic carbocycles. The zero-order chi connectivity index (χ0) is 17.9. The third kappa shape index (κ3) is 4.33. The van der Waals surface area contributed by atoms with E-state index in [-0.39, 0.29) is 11.9 Å². The average molecular weight is 346 g/mol. The van der Waals surface area contributed by atoms with E-state index in [1.807, 2.05) is 29.2 Å². The number of carbonyl (C=O) groups excluding carboxylic acids is 1. The molecule has 5 nitrogen and oxygen atoms in total. The third-order valence-electron chi connectivity index (χ3n) is 5.67. The van der Waals surface area contributed by atoms with Crippen LogP contribution in [-0.2, 0) is 4.79 Å². The molecule has 1 heterocycles. The number of β-amino-alcohol motifs (C(OH)–C–C–N with tert-alkyl or cyclic N) is 1. The van der Waals surface area contributed by atoms with Crippen LogP contribution < -0.4 is 4.74 Å². The Morgan fingerprint density at radius 1 is 1.20 bits per heavy atom. The van der Waals surface area contributed by atoms with Crippen LogP contribution >= 0.6 is 0 Å². The van der Waals surface area contributed by atoms with Gasteiger partial charge >= 0.3 is 0 Å². The molecule has 1 N–H and O–H groups in total. The summed E-state index contributed by atoms with van der Waals surface area (Å²) in [5, 5.41) is 10.9. The van der Waals surface area contributed by atoms with E-state index in [4.69, 9.17) is 4.74 Å². The highest BCUT2D eigenvalue weighted by atomic mass is 16.5. The zero-order valence-corrected chi connectivity index (χ0v) is 15.4. The summed E-state index contributed by atoms with van der Waals surface area (Å²) in [5.74, 6) is 0.930. The molecule has 138 valence electrons. The first-order chi connectivity index (χ1) is 12.0. The minimum atomic E-state index is -0.554. The second-order valence-electron chi connectivity index (χ2n) is 7.52. The third-order valence-corrected chi connectivity index (χ3v) is 5.67. The van der Waals surface area contributed by atoms with Crippen LogP contribution in [0.15, 0.2) is 24.3 Å². The van der Waals surface area contributed by atoms with Crippen molar-refractivity contribution in [3.8, 4) is 5.75 Å². The van der Waals surface area contributed by atoms with Gasteiger partial charge < -0.3 is 14.7 Å². The van der Waals surface area contributed by atoms with Crippen LogP contribution in [0, 0.1) is 0 Å². The summed E-state index contributed by atoms with van der Waals surface area (Å²) < 4.78 is 5.24. The Bertz CT molecular complexity index is 581. The molecule has 1 saturated heterocycles. The number of hydrogen-bond acceptors (Lipinski definition) is 4. The lowest BCUT2D eigenvalue weighted by Crippen LogP contribution is -2.54. The highest BCUT2D eigenvalue weighted by molar-refractivity contribution is 5.74. The van der Waals surface area contributed by atoms with E-state index >= 15 is 0 Å². The Kier molecular flexibility index (Phi) is 5.64. The molecule has 25 heavy (non-hydrogen) atoms. The van der Waals surface area contributed by atoms with Crippen molar-refractivity contribution in [2.24, 2.45) is 0 Å². The number of aliphatic hydroxyl groups is 1. The Morgan fingerprint density at radius 2 is 1.88 bits per heavy atom. The van der Waals surface area contributed by atoms with Gasteiger partial charge in [-0.05, 0) is 30.5 Å². The second kappa shape index (κ2) is 7.75. The maximum Gasteiger partial charge on any atom is 0.220 e. The predicted octanol–water partition coefficient (Wildman–Crippen LogP) is 2.60. The van der Waals surface area contributed by atoms with Crippen LogP contribution in [0.5, 0.6) is 5.75 Å². The molecule has 2 fully saturated rings. The normalized spacial score (nSPS) is 24.1. The van der Waals surface area contributed by atoms with E-state index in [0.29, 0.717) is 13.1 Å². The Labute approximate surface area is 150 Å². The number of hydrogen-bond donors (Lipinski definition) is 1. The van der Waals surface area contributed by atoms with Gasteiger partial charge in [0, 0.05) is 33.1 Å². The van der Waals surface area contributed by atoms with Crippen LogP contribution in [0.1, 0.15) is 50.6 Å². The molecule has 0 unspecified atom stereocenters. The Balaban J connectivity index is 1.73. The van der Waals surface area contributed by atoms with Gasteiger partial charge in [0.05, 0.1) is 18.8 Å². The lowest BCUT2D eigenvalue weighted by atomic mass is 9.84. The molecule has 5 heteroatoms. The Hall–Kier alpha value is -1.59. The summed E-state index contributed by atoms with van der Waals surface area (Å²) in [5.41, 5.74) is 0.567. The van der Waals surface area contributed by atoms with Gasteiger partial charge in [0.2, 0.25) is 5.91 Å². The highest BCUT2D eigenvalue weighted by Crippen LogP contribution is 2.32. The van der Waals surface area contributed by atoms with Crippen molar-refractivity contribution in [1.82, 2.24) is 9.80 Å². The fourth-order valence-corrected chi connectivity index (χ4v) is 4.26. The molecule has 1 aromatic rings. The zero-order valence-electron chi connectivity index (χ0n) is 15.4. The van der Waals surface area contributed by atoms with Gasteiger partial charge in [0.15, 0.2) is 0 Å². The van der Waals surface area contributed by atoms with E-state index in [2.05, 4.69) is 4.90 Å². The topological polar surface area (TPSA) is 53.0 Å². The monoisotopic (exact) mass is 346 g/mol. The largest absolute Gasteiger partial charge is 0.497 e. The van der Waals surface area contributed by atoms with Crippen molar-refractivity contribution in [2.45, 2.75) is 50.7 Å². The molecule has 2 aliphatic rings. The first-order valence-electron chi connectivity index (χ1n) is 9.37. The number of nitrogens with zero attached hydrogens (tertiary/aromatic N) is 2. The molecule has 1 saturated carbocycles. The molecular formula is C20H30N2O3. The molecule has 1 atom stereocenters. The smallest absolute Gasteiger partial charge is 0.220 e. The van der Waals surface area contributed by atoms with Gasteiger partial charge in [-0.3, -0.25) is 9.69 Å². The van der Waals surface area contributed by atoms with Gasteiger partial charge in [-0.1, -0.05) is 31.4 Å². The predicted molar refractivity (Wildman–Crippen MR) is 97.6 cm³/mol. The van der Waals surface area contributed by atoms with Crippen molar-refractivity contribution >= 4 is 5.91 Å². The summed E-state index contributed by atoms with van der Waals surface area (Å²) in [6.07, 6.45) is 5.26. The van der Waals surface area contributed by atoms with Gasteiger partial charge in [-0.2, -0.15) is 0 Å². The minimum Gasteiger partial charge on any atom is -0.497 e. The molecule has 1 amide bonds. The number of piperazine rings is 1. The number of methoxy groups -OCH3 is 1. The summed E-state index contributed by atoms with van der Waals surface area (Å²) in [7, 11) is 1.66. The standard InChI is InChI=1S/C20H30N2O3/c1-16(23)22-13-12-21(15-20(24)10-4-3-5-11-20)14-19(22)17-6-8-18(25-2)9-7-17/h6-9,19,24H,3-5,10-15H2,1-2H3/t19-/m0/s1. The van der Waals surface area contributed by atoms with Crippen molar-refractivity contribution in [3.05, 3.63) is 29.8 Å². The number of amides is 1. The first kappa shape index (κ1) is 18.2. The van der Waals surface area contributed by atoms with Crippen molar-refractivity contribution in [1.29, 1.82) is 0 Å². The fraction of sp³-hybridized carbons (Fsp3) is 0.650. The van der Waals surface area contributed by atoms with E-state index in [1.165, 1.54) is 6.42 Å². The van der Waals surface area contributed by atoms with Crippen LogP contribution in [0.4, 0.5) is 0 Å². The Morgan fingerprint density at radius 3 is 2.48 bits per heavy atom. The second-order valence-corrected chi connectivity index (χ2v) is 7.52. The molecular weight excluding hydrogens is 316 g/mol. The van der Waals surface area contributed by atoms with Gasteiger partial charge in [-0.25, -0.2) is 0 Å². The van der Waals surface area contributed by atoms with Crippen molar-refractivity contribution in [3.63, 3.8) is 0 Å². The molecule has 0 radical (unpaired) electrons. The van der Waals surface area contributed by atoms with Gasteiger partial charge in [-0.15, -0.1) is 0 Å². The van der Waals surface area contributed by atoms with E-state index in [1.54, 1.807) is 14.0 Å². The van der Waals surface area contributed by atoms with Crippen molar-refractivity contribution < 1.29 is 14.6 Å². The van der Waals surface area contributed by atoms with Gasteiger partial charge in [0.1, 0.15) is 5.75 Å². The van der Waals surface area contributed by atoms with E-state index in [9.17, 15) is 9.90 Å². The lowest BCUT2D eigenvalue weighted by molar-refractivity contribution is -0.135. The van der Waals surface area contributed by atoms with Crippen LogP contribution in [0.25, 0.3) is 0 Å². The maximum absolute atomic E-state index is 12.1. The highest BCUT2D eigenvalue weighted by Gasteiger charge is 2.36. The van der Waals surface area contributed by atoms with Crippen LogP contribution in [0.3, 0.4) is 0 Å². The molecule has 1 aliphatic heterocycles. The number of carbonyl (C=O) groups is 1. The van der Waals surface area contributed by atoms with Gasteiger partial charge in [0.25, 0.3) is 0 Å². The fourth-order valence-electron chi connectivity index (χ4n) is 4.26.